The van der Waals surface area contributed by atoms with E-state index in [0.29, 0.717) is 15.7 Å². The predicted octanol–water partition coefficient (Wildman–Crippen LogP) is 4.66. The second-order valence-electron chi connectivity index (χ2n) is 9.98. The Bertz CT molecular complexity index is 1820. The highest BCUT2D eigenvalue weighted by atomic mass is 79.9. The van der Waals surface area contributed by atoms with Gasteiger partial charge in [0.05, 0.1) is 11.9 Å². The molecule has 15 heteroatoms. The molecule has 0 aliphatic carbocycles. The van der Waals surface area contributed by atoms with Crippen LogP contribution in [0.25, 0.3) is 0 Å². The molecule has 1 fully saturated rings. The van der Waals surface area contributed by atoms with Crippen LogP contribution in [0.15, 0.2) is 76.5 Å². The van der Waals surface area contributed by atoms with Gasteiger partial charge in [-0.1, -0.05) is 51.3 Å². The molecular formula is C28H23BrCl2N6O5S. The maximum absolute atomic E-state index is 14.0. The van der Waals surface area contributed by atoms with Gasteiger partial charge in [0.1, 0.15) is 11.8 Å². The number of fused-ring (bicyclic) bond motifs is 1. The molecular weight excluding hydrogens is 683 g/mol. The van der Waals surface area contributed by atoms with Crippen LogP contribution in [0, 0.1) is 0 Å². The van der Waals surface area contributed by atoms with E-state index in [-0.39, 0.29) is 60.9 Å². The molecule has 0 spiro atoms. The quantitative estimate of drug-likeness (QED) is 0.309. The Hall–Kier alpha value is -3.49. The van der Waals surface area contributed by atoms with Gasteiger partial charge in [0.15, 0.2) is 10.7 Å². The summed E-state index contributed by atoms with van der Waals surface area (Å²) in [6, 6.07) is 14.0. The van der Waals surface area contributed by atoms with E-state index in [2.05, 4.69) is 25.9 Å². The normalized spacial score (nSPS) is 17.4. The number of nitrogens with zero attached hydrogens (tertiary/aromatic N) is 6. The average molecular weight is 706 g/mol. The lowest BCUT2D eigenvalue weighted by atomic mass is 10.1. The van der Waals surface area contributed by atoms with E-state index < -0.39 is 22.0 Å². The van der Waals surface area contributed by atoms with Gasteiger partial charge in [-0.3, -0.25) is 14.2 Å². The van der Waals surface area contributed by atoms with Gasteiger partial charge in [-0.25, -0.2) is 23.3 Å². The topological polar surface area (TPSA) is 129 Å². The zero-order chi connectivity index (χ0) is 30.5. The molecule has 0 bridgehead atoms. The summed E-state index contributed by atoms with van der Waals surface area (Å²) in [5.41, 5.74) is 1.09. The molecule has 2 aromatic heterocycles. The lowest BCUT2D eigenvalue weighted by molar-refractivity contribution is -0.119. The van der Waals surface area contributed by atoms with Crippen molar-refractivity contribution in [2.75, 3.05) is 31.1 Å². The highest BCUT2D eigenvalue weighted by molar-refractivity contribution is 9.10. The number of amides is 2. The highest BCUT2D eigenvalue weighted by Crippen LogP contribution is 2.42. The van der Waals surface area contributed by atoms with Crippen molar-refractivity contribution >= 4 is 72.6 Å². The summed E-state index contributed by atoms with van der Waals surface area (Å²) >= 11 is 15.9. The predicted molar refractivity (Wildman–Crippen MR) is 163 cm³/mol. The van der Waals surface area contributed by atoms with Gasteiger partial charge in [-0.05, 0) is 48.0 Å². The second kappa shape index (κ2) is 11.5. The zero-order valence-corrected chi connectivity index (χ0v) is 26.2. The fourth-order valence-corrected chi connectivity index (χ4v) is 7.58. The molecule has 43 heavy (non-hydrogen) atoms. The summed E-state index contributed by atoms with van der Waals surface area (Å²) in [6.07, 6.45) is 2.85. The van der Waals surface area contributed by atoms with E-state index in [9.17, 15) is 23.1 Å². The molecule has 2 amide bonds. The van der Waals surface area contributed by atoms with E-state index >= 15 is 0 Å². The van der Waals surface area contributed by atoms with Crippen molar-refractivity contribution in [3.63, 3.8) is 0 Å². The van der Waals surface area contributed by atoms with Crippen LogP contribution < -0.4 is 4.90 Å². The first kappa shape index (κ1) is 29.6. The number of rotatable bonds is 6. The summed E-state index contributed by atoms with van der Waals surface area (Å²) in [5.74, 6) is -0.990. The Morgan fingerprint density at radius 3 is 2.33 bits per heavy atom. The van der Waals surface area contributed by atoms with Gasteiger partial charge in [0.25, 0.3) is 21.8 Å². The molecule has 6 rings (SSSR count). The number of aromatic nitrogens is 3. The van der Waals surface area contributed by atoms with Crippen LogP contribution in [-0.4, -0.2) is 75.3 Å². The third-order valence-electron chi connectivity index (χ3n) is 7.33. The minimum absolute atomic E-state index is 0.00111. The maximum atomic E-state index is 14.0. The fourth-order valence-electron chi connectivity index (χ4n) is 5.25. The summed E-state index contributed by atoms with van der Waals surface area (Å²) in [7, 11) is -4.15. The standard InChI is InChI=1S/C28H23BrCl2N6O5S/c29-18-5-3-17(4-6-18)12-22-26(39)36(21-14-19(30)13-20(31)15-21)28-33-16-24(37(22)28)43(41,42)35-10-8-34(9-11-35)27(40)25-23(38)2-1-7-32-25/h1-7,13-16,22,38H,8-12H2/t22-/m1/s1. The molecule has 2 aliphatic heterocycles. The van der Waals surface area contributed by atoms with Crippen molar-refractivity contribution in [2.45, 2.75) is 17.5 Å². The molecule has 222 valence electrons. The largest absolute Gasteiger partial charge is 0.505 e. The number of pyridine rings is 1. The third kappa shape index (κ3) is 5.51. The van der Waals surface area contributed by atoms with Crippen molar-refractivity contribution in [2.24, 2.45) is 0 Å². The molecule has 1 saturated heterocycles. The van der Waals surface area contributed by atoms with Crippen LogP contribution in [0.2, 0.25) is 10.0 Å². The first-order valence-electron chi connectivity index (χ1n) is 13.1. The minimum Gasteiger partial charge on any atom is -0.505 e. The summed E-state index contributed by atoms with van der Waals surface area (Å²) in [6.45, 7) is 0.176. The Balaban J connectivity index is 1.33. The van der Waals surface area contributed by atoms with Crippen LogP contribution >= 0.6 is 39.1 Å². The van der Waals surface area contributed by atoms with Crippen molar-refractivity contribution in [3.8, 4) is 5.75 Å². The van der Waals surface area contributed by atoms with Gasteiger partial charge >= 0.3 is 0 Å². The summed E-state index contributed by atoms with van der Waals surface area (Å²) in [5, 5.41) is 10.5. The van der Waals surface area contributed by atoms with Gasteiger partial charge in [0.2, 0.25) is 5.95 Å². The lowest BCUT2D eigenvalue weighted by Crippen LogP contribution is -2.51. The van der Waals surface area contributed by atoms with Gasteiger partial charge in [0, 0.05) is 53.3 Å². The molecule has 11 nitrogen and oxygen atoms in total. The number of hydrogen-bond donors (Lipinski definition) is 1. The Morgan fingerprint density at radius 2 is 1.67 bits per heavy atom. The van der Waals surface area contributed by atoms with Crippen LogP contribution in [0.4, 0.5) is 11.6 Å². The van der Waals surface area contributed by atoms with Crippen molar-refractivity contribution in [1.82, 2.24) is 23.7 Å². The number of anilines is 2. The number of sulfonamides is 1. The first-order chi connectivity index (χ1) is 20.5. The third-order valence-corrected chi connectivity index (χ3v) is 10.2. The van der Waals surface area contributed by atoms with E-state index in [1.807, 2.05) is 24.3 Å². The van der Waals surface area contributed by atoms with Crippen LogP contribution in [-0.2, 0) is 21.2 Å². The Morgan fingerprint density at radius 1 is 1.00 bits per heavy atom. The molecule has 0 saturated carbocycles. The van der Waals surface area contributed by atoms with Crippen LogP contribution in [0.5, 0.6) is 5.75 Å². The van der Waals surface area contributed by atoms with Gasteiger partial charge in [-0.2, -0.15) is 4.31 Å². The van der Waals surface area contributed by atoms with E-state index in [4.69, 9.17) is 23.2 Å². The van der Waals surface area contributed by atoms with Crippen LogP contribution in [0.1, 0.15) is 22.1 Å². The number of carbonyl (C=O) groups excluding carboxylic acids is 2. The first-order valence-corrected chi connectivity index (χ1v) is 16.1. The molecule has 0 unspecified atom stereocenters. The number of benzene rings is 2. The smallest absolute Gasteiger partial charge is 0.276 e. The number of imidazole rings is 1. The van der Waals surface area contributed by atoms with Crippen LogP contribution in [0.3, 0.4) is 0 Å². The SMILES string of the molecule is O=C(c1ncccc1O)N1CCN(S(=O)(=O)c2cnc3n2[C@H](Cc2ccc(Br)cc2)C(=O)N3c2cc(Cl)cc(Cl)c2)CC1. The Kier molecular flexibility index (Phi) is 7.94. The van der Waals surface area contributed by atoms with Gasteiger partial charge in [-0.15, -0.1) is 0 Å². The molecule has 4 heterocycles. The van der Waals surface area contributed by atoms with E-state index in [0.717, 1.165) is 10.0 Å². The molecule has 2 aromatic carbocycles. The number of halogens is 3. The molecule has 1 atom stereocenters. The van der Waals surface area contributed by atoms with E-state index in [1.165, 1.54) is 49.3 Å². The molecule has 2 aliphatic rings. The number of hydrogen-bond acceptors (Lipinski definition) is 7. The number of piperazine rings is 1. The van der Waals surface area contributed by atoms with Crippen molar-refractivity contribution in [1.29, 1.82) is 0 Å². The maximum Gasteiger partial charge on any atom is 0.276 e. The average Bonchev–Trinajstić information content (AvgIpc) is 3.52. The molecule has 1 N–H and O–H groups in total. The van der Waals surface area contributed by atoms with Crippen molar-refractivity contribution < 1.29 is 23.1 Å². The minimum atomic E-state index is -4.15. The number of aromatic hydroxyl groups is 1. The zero-order valence-electron chi connectivity index (χ0n) is 22.3. The molecule has 0 radical (unpaired) electrons. The van der Waals surface area contributed by atoms with Gasteiger partial charge < -0.3 is 10.0 Å². The second-order valence-corrected chi connectivity index (χ2v) is 13.7. The summed E-state index contributed by atoms with van der Waals surface area (Å²) < 4.78 is 31.7. The Labute approximate surface area is 265 Å². The fraction of sp³-hybridized carbons (Fsp3) is 0.214. The highest BCUT2D eigenvalue weighted by Gasteiger charge is 2.45. The van der Waals surface area contributed by atoms with Crippen molar-refractivity contribution in [3.05, 3.63) is 92.8 Å². The van der Waals surface area contributed by atoms with E-state index in [1.54, 1.807) is 12.1 Å². The summed E-state index contributed by atoms with van der Waals surface area (Å²) in [4.78, 5) is 38.0. The number of carbonyl (C=O) groups is 2. The lowest BCUT2D eigenvalue weighted by Gasteiger charge is -2.34. The monoisotopic (exact) mass is 704 g/mol. The molecule has 4 aromatic rings.